The predicted octanol–water partition coefficient (Wildman–Crippen LogP) is 10.2. The van der Waals surface area contributed by atoms with Gasteiger partial charge in [-0.3, -0.25) is 23.2 Å². The molecule has 392 valence electrons. The molecular weight excluding hydrogens is 920 g/mol. The Bertz CT molecular complexity index is 1730. The fourth-order valence-electron chi connectivity index (χ4n) is 7.54. The number of ether oxygens (including phenoxy) is 3. The van der Waals surface area contributed by atoms with Crippen molar-refractivity contribution in [1.29, 1.82) is 0 Å². The third-order valence-electron chi connectivity index (χ3n) is 11.5. The molecule has 68 heavy (non-hydrogen) atoms. The lowest BCUT2D eigenvalue weighted by Gasteiger charge is -2.21. The number of phosphoric acid groups is 2. The average molecular weight is 1010 g/mol. The minimum atomic E-state index is -5.42. The average Bonchev–Trinajstić information content (AvgIpc) is 3.57. The molecular formula is C48H85N3O15P2. The minimum Gasteiger partial charge on any atom is -0.462 e. The second kappa shape index (κ2) is 37.1. The molecule has 3 unspecified atom stereocenters. The fraction of sp³-hybridized carbons (Fsp3) is 0.792. The number of anilines is 1. The maximum absolute atomic E-state index is 12.8. The summed E-state index contributed by atoms with van der Waals surface area (Å²) in [5.41, 5.74) is 4.59. The van der Waals surface area contributed by atoms with Crippen molar-refractivity contribution in [1.82, 2.24) is 9.55 Å². The minimum absolute atomic E-state index is 0.0403. The number of rotatable bonds is 42. The Morgan fingerprint density at radius 3 is 1.65 bits per heavy atom. The number of allylic oxidation sites excluding steroid dienone is 4. The largest absolute Gasteiger partial charge is 0.481 e. The zero-order chi connectivity index (χ0) is 49.9. The van der Waals surface area contributed by atoms with Crippen molar-refractivity contribution in [2.75, 3.05) is 25.6 Å². The van der Waals surface area contributed by atoms with Crippen LogP contribution in [0.5, 0.6) is 0 Å². The van der Waals surface area contributed by atoms with Gasteiger partial charge in [0.05, 0.1) is 13.2 Å². The van der Waals surface area contributed by atoms with Gasteiger partial charge in [-0.15, -0.1) is 0 Å². The summed E-state index contributed by atoms with van der Waals surface area (Å²) in [4.78, 5) is 61.9. The van der Waals surface area contributed by atoms with Gasteiger partial charge in [-0.25, -0.2) is 13.9 Å². The SMILES string of the molecule is CCCCCCCC/C=C\CCCCCCCC(=O)OC[C@H](COP(=O)(O)OP(=O)(O)OC[C@H]1O[C@@H](n2ccc(N)nc2=O)C(O)[C@H]1O)OC(=O)CCCCCCC/C=C\CCCCCCCC. The Balaban J connectivity index is 1.81. The zero-order valence-corrected chi connectivity index (χ0v) is 42.7. The van der Waals surface area contributed by atoms with Crippen LogP contribution in [0.1, 0.15) is 200 Å². The molecule has 1 aliphatic rings. The number of hydrogen-bond acceptors (Lipinski definition) is 15. The van der Waals surface area contributed by atoms with Gasteiger partial charge in [0.15, 0.2) is 12.3 Å². The molecule has 0 aromatic carbocycles. The van der Waals surface area contributed by atoms with Crippen LogP contribution in [0.15, 0.2) is 41.4 Å². The summed E-state index contributed by atoms with van der Waals surface area (Å²) in [5, 5.41) is 20.9. The van der Waals surface area contributed by atoms with E-state index in [1.165, 1.54) is 89.3 Å². The van der Waals surface area contributed by atoms with Gasteiger partial charge in [0.25, 0.3) is 0 Å². The highest BCUT2D eigenvalue weighted by atomic mass is 31.3. The number of aromatic nitrogens is 2. The Kier molecular flexibility index (Phi) is 33.5. The molecule has 7 atom stereocenters. The molecule has 0 amide bonds. The van der Waals surface area contributed by atoms with Gasteiger partial charge in [0, 0.05) is 19.0 Å². The van der Waals surface area contributed by atoms with Gasteiger partial charge in [-0.05, 0) is 70.3 Å². The Labute approximate surface area is 405 Å². The lowest BCUT2D eigenvalue weighted by Crippen LogP contribution is -2.36. The van der Waals surface area contributed by atoms with Gasteiger partial charge in [0.2, 0.25) is 0 Å². The van der Waals surface area contributed by atoms with Crippen molar-refractivity contribution in [3.05, 3.63) is 47.1 Å². The maximum atomic E-state index is 12.8. The van der Waals surface area contributed by atoms with Crippen LogP contribution in [-0.2, 0) is 46.3 Å². The smallest absolute Gasteiger partial charge is 0.462 e. The van der Waals surface area contributed by atoms with E-state index in [2.05, 4.69) is 47.4 Å². The number of nitrogens with two attached hydrogens (primary N) is 1. The van der Waals surface area contributed by atoms with Crippen LogP contribution < -0.4 is 11.4 Å². The van der Waals surface area contributed by atoms with E-state index in [0.717, 1.165) is 81.6 Å². The summed E-state index contributed by atoms with van der Waals surface area (Å²) >= 11 is 0. The van der Waals surface area contributed by atoms with Crippen molar-refractivity contribution >= 4 is 33.4 Å². The Morgan fingerprint density at radius 1 is 0.691 bits per heavy atom. The number of carbonyl (C=O) groups is 2. The highest BCUT2D eigenvalue weighted by Gasteiger charge is 2.46. The van der Waals surface area contributed by atoms with Gasteiger partial charge < -0.3 is 39.9 Å². The van der Waals surface area contributed by atoms with Gasteiger partial charge in [0.1, 0.15) is 30.7 Å². The van der Waals surface area contributed by atoms with E-state index in [9.17, 15) is 43.5 Å². The first kappa shape index (κ1) is 61.4. The van der Waals surface area contributed by atoms with Crippen LogP contribution in [0.3, 0.4) is 0 Å². The summed E-state index contributed by atoms with van der Waals surface area (Å²) in [6, 6.07) is 1.25. The summed E-state index contributed by atoms with van der Waals surface area (Å²) in [7, 11) is -10.8. The Hall–Kier alpha value is -2.76. The fourth-order valence-corrected chi connectivity index (χ4v) is 9.65. The van der Waals surface area contributed by atoms with Crippen molar-refractivity contribution in [2.45, 2.75) is 224 Å². The molecule has 2 rings (SSSR count). The number of carbonyl (C=O) groups excluding carboxylic acids is 2. The van der Waals surface area contributed by atoms with E-state index < -0.39 is 83.7 Å². The number of aliphatic hydroxyl groups excluding tert-OH is 2. The summed E-state index contributed by atoms with van der Waals surface area (Å²) in [5.74, 6) is -1.31. The van der Waals surface area contributed by atoms with Crippen LogP contribution in [0.25, 0.3) is 0 Å². The van der Waals surface area contributed by atoms with Gasteiger partial charge in [-0.2, -0.15) is 9.29 Å². The van der Waals surface area contributed by atoms with Crippen molar-refractivity contribution in [3.63, 3.8) is 0 Å². The number of hydrogen-bond donors (Lipinski definition) is 5. The lowest BCUT2D eigenvalue weighted by atomic mass is 10.1. The molecule has 0 radical (unpaired) electrons. The number of phosphoric ester groups is 2. The molecule has 2 heterocycles. The second-order valence-corrected chi connectivity index (χ2v) is 20.7. The molecule has 1 aromatic rings. The number of nitrogens with zero attached hydrogens (tertiary/aromatic N) is 2. The molecule has 0 spiro atoms. The summed E-state index contributed by atoms with van der Waals surface area (Å²) in [6.45, 7) is 2.14. The predicted molar refractivity (Wildman–Crippen MR) is 261 cm³/mol. The standard InChI is InChI=1S/C48H85N3O15P2/c1-3-5-7-9-11-13-15-17-19-21-23-25-27-29-31-33-43(52)61-37-40(64-44(53)34-32-30-28-26-24-22-20-18-16-14-12-10-8-6-4-2)38-62-67(57,58)66-68(59,60)63-39-41-45(54)46(55)47(65-41)51-36-35-42(49)50-48(51)56/h17-20,35-36,40-41,45-47,54-55H,3-16,21-34,37-39H2,1-2H3,(H,57,58)(H,59,60)(H2,49,50,56)/b19-17-,20-18-/t40-,41-,45+,46?,47-/m1/s1. The normalized spacial score (nSPS) is 19.6. The maximum Gasteiger partial charge on any atom is 0.481 e. The number of aliphatic hydroxyl groups is 2. The van der Waals surface area contributed by atoms with Crippen LogP contribution in [0.4, 0.5) is 5.82 Å². The van der Waals surface area contributed by atoms with Crippen LogP contribution in [0.2, 0.25) is 0 Å². The lowest BCUT2D eigenvalue weighted by molar-refractivity contribution is -0.161. The molecule has 1 fully saturated rings. The van der Waals surface area contributed by atoms with Crippen LogP contribution >= 0.6 is 15.6 Å². The van der Waals surface area contributed by atoms with E-state index in [4.69, 9.17) is 29.0 Å². The van der Waals surface area contributed by atoms with E-state index in [-0.39, 0.29) is 18.7 Å². The summed E-state index contributed by atoms with van der Waals surface area (Å²) in [6.07, 6.45) is 31.1. The molecule has 1 aliphatic heterocycles. The zero-order valence-electron chi connectivity index (χ0n) is 40.9. The molecule has 1 saturated heterocycles. The molecule has 18 nitrogen and oxygen atoms in total. The molecule has 0 bridgehead atoms. The molecule has 1 aromatic heterocycles. The number of esters is 2. The number of nitrogen functional groups attached to an aromatic ring is 1. The third kappa shape index (κ3) is 29.4. The molecule has 20 heteroatoms. The third-order valence-corrected chi connectivity index (χ3v) is 14.1. The van der Waals surface area contributed by atoms with Gasteiger partial charge in [-0.1, -0.05) is 141 Å². The van der Waals surface area contributed by atoms with E-state index >= 15 is 0 Å². The quantitative estimate of drug-likeness (QED) is 0.0176. The van der Waals surface area contributed by atoms with E-state index in [1.54, 1.807) is 0 Å². The highest BCUT2D eigenvalue weighted by molar-refractivity contribution is 7.61. The van der Waals surface area contributed by atoms with Crippen molar-refractivity contribution in [3.8, 4) is 0 Å². The van der Waals surface area contributed by atoms with Crippen LogP contribution in [0, 0.1) is 0 Å². The Morgan fingerprint density at radius 2 is 1.15 bits per heavy atom. The van der Waals surface area contributed by atoms with Gasteiger partial charge >= 0.3 is 33.3 Å². The van der Waals surface area contributed by atoms with Crippen molar-refractivity contribution < 1.29 is 66.3 Å². The number of unbranched alkanes of at least 4 members (excludes halogenated alkanes) is 22. The first-order chi connectivity index (χ1) is 32.7. The molecule has 6 N–H and O–H groups in total. The monoisotopic (exact) mass is 1010 g/mol. The van der Waals surface area contributed by atoms with E-state index in [0.29, 0.717) is 12.8 Å². The molecule has 0 aliphatic carbocycles. The topological polar surface area (TPSA) is 265 Å². The highest BCUT2D eigenvalue weighted by Crippen LogP contribution is 2.60. The van der Waals surface area contributed by atoms with E-state index in [1.807, 2.05) is 0 Å². The molecule has 0 saturated carbocycles. The second-order valence-electron chi connectivity index (χ2n) is 17.7. The van der Waals surface area contributed by atoms with Crippen LogP contribution in [-0.4, -0.2) is 85.7 Å². The first-order valence-electron chi connectivity index (χ1n) is 25.3. The van der Waals surface area contributed by atoms with Crippen molar-refractivity contribution in [2.24, 2.45) is 0 Å². The summed E-state index contributed by atoms with van der Waals surface area (Å²) < 4.78 is 56.8. The first-order valence-corrected chi connectivity index (χ1v) is 28.3.